The largest absolute Gasteiger partial charge is 0.444 e. The Labute approximate surface area is 128 Å². The van der Waals surface area contributed by atoms with Gasteiger partial charge in [0.25, 0.3) is 0 Å². The maximum Gasteiger partial charge on any atom is 0.407 e. The number of carbonyl (C=O) groups excluding carboxylic acids is 1. The molecule has 112 valence electrons. The average Bonchev–Trinajstić information content (AvgIpc) is 2.64. The third-order valence-corrected chi connectivity index (χ3v) is 4.28. The summed E-state index contributed by atoms with van der Waals surface area (Å²) in [6, 6.07) is 4.62. The quantitative estimate of drug-likeness (QED) is 0.893. The van der Waals surface area contributed by atoms with Crippen LogP contribution in [0.4, 0.5) is 4.79 Å². The first-order valence-electron chi connectivity index (χ1n) is 6.79. The molecular formula is C14H21ClN2O2S. The molecule has 0 unspecified atom stereocenters. The molecule has 1 heterocycles. The van der Waals surface area contributed by atoms with Gasteiger partial charge in [0.1, 0.15) is 5.60 Å². The summed E-state index contributed by atoms with van der Waals surface area (Å²) in [5, 5.41) is 6.35. The van der Waals surface area contributed by atoms with Crippen LogP contribution in [0.25, 0.3) is 0 Å². The van der Waals surface area contributed by atoms with Crippen molar-refractivity contribution in [3.63, 3.8) is 0 Å². The van der Waals surface area contributed by atoms with Gasteiger partial charge < -0.3 is 15.4 Å². The summed E-state index contributed by atoms with van der Waals surface area (Å²) in [5.41, 5.74) is -0.441. The van der Waals surface area contributed by atoms with Crippen LogP contribution in [0.5, 0.6) is 0 Å². The Morgan fingerprint density at radius 1 is 1.40 bits per heavy atom. The molecule has 1 aromatic rings. The van der Waals surface area contributed by atoms with Gasteiger partial charge in [-0.3, -0.25) is 0 Å². The van der Waals surface area contributed by atoms with Crippen molar-refractivity contribution < 1.29 is 9.53 Å². The number of hydrogen-bond donors (Lipinski definition) is 2. The molecule has 0 radical (unpaired) electrons. The fourth-order valence-electron chi connectivity index (χ4n) is 2.07. The number of amides is 1. The summed E-state index contributed by atoms with van der Waals surface area (Å²) in [4.78, 5) is 12.8. The molecule has 1 aliphatic rings. The van der Waals surface area contributed by atoms with Crippen molar-refractivity contribution in [2.45, 2.75) is 57.8 Å². The zero-order valence-corrected chi connectivity index (χ0v) is 13.6. The lowest BCUT2D eigenvalue weighted by Gasteiger charge is -2.36. The van der Waals surface area contributed by atoms with Gasteiger partial charge in [-0.15, -0.1) is 11.3 Å². The van der Waals surface area contributed by atoms with Crippen LogP contribution in [0, 0.1) is 0 Å². The van der Waals surface area contributed by atoms with Crippen LogP contribution in [0.1, 0.15) is 38.5 Å². The first kappa shape index (κ1) is 15.6. The standard InChI is InChI=1S/C14H21ClN2O2S/c1-14(2,3)19-13(18)17-10-6-9(7-10)16-8-11-4-5-12(15)20-11/h4-5,9-10,16H,6-8H2,1-3H3,(H,17,18). The summed E-state index contributed by atoms with van der Waals surface area (Å²) in [6.45, 7) is 6.43. The van der Waals surface area contributed by atoms with E-state index in [1.807, 2.05) is 32.9 Å². The van der Waals surface area contributed by atoms with Crippen LogP contribution in [-0.4, -0.2) is 23.8 Å². The van der Waals surface area contributed by atoms with Crippen LogP contribution >= 0.6 is 22.9 Å². The van der Waals surface area contributed by atoms with Gasteiger partial charge in [0.2, 0.25) is 0 Å². The molecule has 0 atom stereocenters. The zero-order valence-electron chi connectivity index (χ0n) is 12.0. The SMILES string of the molecule is CC(C)(C)OC(=O)NC1CC(NCc2ccc(Cl)s2)C1. The van der Waals surface area contributed by atoms with Gasteiger partial charge in [0, 0.05) is 23.5 Å². The topological polar surface area (TPSA) is 50.4 Å². The van der Waals surface area contributed by atoms with Gasteiger partial charge in [0.15, 0.2) is 0 Å². The van der Waals surface area contributed by atoms with Crippen molar-refractivity contribution in [1.29, 1.82) is 0 Å². The lowest BCUT2D eigenvalue weighted by Crippen LogP contribution is -2.52. The highest BCUT2D eigenvalue weighted by Crippen LogP contribution is 2.24. The first-order chi connectivity index (χ1) is 9.32. The van der Waals surface area contributed by atoms with E-state index in [9.17, 15) is 4.79 Å². The Kier molecular flexibility index (Phi) is 4.94. The molecule has 1 aliphatic carbocycles. The Bertz CT molecular complexity index is 464. The molecule has 0 aromatic carbocycles. The normalized spacial score (nSPS) is 22.2. The maximum atomic E-state index is 11.6. The predicted molar refractivity (Wildman–Crippen MR) is 82.3 cm³/mol. The second-order valence-corrected chi connectivity index (χ2v) is 7.90. The molecule has 1 saturated carbocycles. The monoisotopic (exact) mass is 316 g/mol. The fourth-order valence-corrected chi connectivity index (χ4v) is 3.11. The molecule has 2 N–H and O–H groups in total. The first-order valence-corrected chi connectivity index (χ1v) is 7.98. The smallest absolute Gasteiger partial charge is 0.407 e. The number of carbonyl (C=O) groups is 1. The van der Waals surface area contributed by atoms with E-state index in [2.05, 4.69) is 10.6 Å². The molecule has 0 bridgehead atoms. The van der Waals surface area contributed by atoms with E-state index < -0.39 is 5.60 Å². The third kappa shape index (κ3) is 4.96. The molecule has 0 spiro atoms. The van der Waals surface area contributed by atoms with E-state index in [4.69, 9.17) is 16.3 Å². The van der Waals surface area contributed by atoms with Crippen molar-refractivity contribution in [3.05, 3.63) is 21.3 Å². The number of halogens is 1. The maximum absolute atomic E-state index is 11.6. The Hall–Kier alpha value is -0.780. The molecule has 20 heavy (non-hydrogen) atoms. The van der Waals surface area contributed by atoms with Gasteiger partial charge in [0.05, 0.1) is 4.34 Å². The highest BCUT2D eigenvalue weighted by molar-refractivity contribution is 7.16. The lowest BCUT2D eigenvalue weighted by molar-refractivity contribution is 0.0465. The van der Waals surface area contributed by atoms with Gasteiger partial charge in [-0.2, -0.15) is 0 Å². The van der Waals surface area contributed by atoms with Crippen molar-refractivity contribution in [2.75, 3.05) is 0 Å². The van der Waals surface area contributed by atoms with E-state index in [1.54, 1.807) is 11.3 Å². The van der Waals surface area contributed by atoms with Gasteiger partial charge in [-0.05, 0) is 45.7 Å². The Morgan fingerprint density at radius 2 is 2.10 bits per heavy atom. The summed E-state index contributed by atoms with van der Waals surface area (Å²) in [6.07, 6.45) is 1.56. The summed E-state index contributed by atoms with van der Waals surface area (Å²) < 4.78 is 6.05. The van der Waals surface area contributed by atoms with Crippen molar-refractivity contribution >= 4 is 29.0 Å². The van der Waals surface area contributed by atoms with Crippen LogP contribution in [0.15, 0.2) is 12.1 Å². The van der Waals surface area contributed by atoms with Gasteiger partial charge in [-0.25, -0.2) is 4.79 Å². The number of nitrogens with one attached hydrogen (secondary N) is 2. The summed E-state index contributed by atoms with van der Waals surface area (Å²) in [7, 11) is 0. The number of ether oxygens (including phenoxy) is 1. The zero-order chi connectivity index (χ0) is 14.8. The van der Waals surface area contributed by atoms with Gasteiger partial charge in [-0.1, -0.05) is 11.6 Å². The number of rotatable bonds is 4. The van der Waals surface area contributed by atoms with Crippen LogP contribution in [0.3, 0.4) is 0 Å². The molecule has 0 aliphatic heterocycles. The molecule has 6 heteroatoms. The Morgan fingerprint density at radius 3 is 2.65 bits per heavy atom. The molecule has 1 amide bonds. The molecule has 1 aromatic heterocycles. The van der Waals surface area contributed by atoms with E-state index in [0.717, 1.165) is 23.7 Å². The minimum atomic E-state index is -0.441. The van der Waals surface area contributed by atoms with Crippen molar-refractivity contribution in [2.24, 2.45) is 0 Å². The molecular weight excluding hydrogens is 296 g/mol. The summed E-state index contributed by atoms with van der Waals surface area (Å²) in [5.74, 6) is 0. The molecule has 1 fully saturated rings. The van der Waals surface area contributed by atoms with Gasteiger partial charge >= 0.3 is 6.09 Å². The number of hydrogen-bond acceptors (Lipinski definition) is 4. The molecule has 4 nitrogen and oxygen atoms in total. The average molecular weight is 317 g/mol. The highest BCUT2D eigenvalue weighted by Gasteiger charge is 2.31. The minimum absolute atomic E-state index is 0.217. The van der Waals surface area contributed by atoms with E-state index in [-0.39, 0.29) is 12.1 Å². The number of thiophene rings is 1. The number of alkyl carbamates (subject to hydrolysis) is 1. The fraction of sp³-hybridized carbons (Fsp3) is 0.643. The molecule has 2 rings (SSSR count). The lowest BCUT2D eigenvalue weighted by atomic mass is 9.87. The van der Waals surface area contributed by atoms with Crippen molar-refractivity contribution in [1.82, 2.24) is 10.6 Å². The van der Waals surface area contributed by atoms with E-state index >= 15 is 0 Å². The molecule has 0 saturated heterocycles. The second kappa shape index (κ2) is 6.33. The van der Waals surface area contributed by atoms with Crippen LogP contribution in [-0.2, 0) is 11.3 Å². The van der Waals surface area contributed by atoms with Crippen LogP contribution < -0.4 is 10.6 Å². The van der Waals surface area contributed by atoms with Crippen molar-refractivity contribution in [3.8, 4) is 0 Å². The van der Waals surface area contributed by atoms with Crippen LogP contribution in [0.2, 0.25) is 4.34 Å². The Balaban J connectivity index is 1.61. The minimum Gasteiger partial charge on any atom is -0.444 e. The van der Waals surface area contributed by atoms with E-state index in [1.165, 1.54) is 4.88 Å². The summed E-state index contributed by atoms with van der Waals surface area (Å²) >= 11 is 7.48. The second-order valence-electron chi connectivity index (χ2n) is 6.10. The third-order valence-electron chi connectivity index (χ3n) is 3.05. The van der Waals surface area contributed by atoms with E-state index in [0.29, 0.717) is 6.04 Å². The predicted octanol–water partition coefficient (Wildman–Crippen LogP) is 3.55. The highest BCUT2D eigenvalue weighted by atomic mass is 35.5.